The monoisotopic (exact) mass is 494 g/mol. The Labute approximate surface area is 204 Å². The summed E-state index contributed by atoms with van der Waals surface area (Å²) in [6.45, 7) is 1.30. The molecule has 1 saturated carbocycles. The van der Waals surface area contributed by atoms with Crippen LogP contribution in [0.3, 0.4) is 0 Å². The van der Waals surface area contributed by atoms with Gasteiger partial charge in [0.05, 0.1) is 21.7 Å². The fraction of sp³-hybridized carbons (Fsp3) is 0.333. The molecule has 0 spiro atoms. The molecule has 0 unspecified atom stereocenters. The first-order valence-corrected chi connectivity index (χ1v) is 11.3. The van der Waals surface area contributed by atoms with Crippen LogP contribution in [0.2, 0.25) is 0 Å². The van der Waals surface area contributed by atoms with Crippen molar-refractivity contribution in [2.45, 2.75) is 26.2 Å². The van der Waals surface area contributed by atoms with E-state index in [1.54, 1.807) is 0 Å². The molecule has 1 aliphatic carbocycles. The number of benzene rings is 2. The number of nitrogens with zero attached hydrogens (tertiary/aromatic N) is 4. The van der Waals surface area contributed by atoms with E-state index in [0.29, 0.717) is 12.8 Å². The predicted molar refractivity (Wildman–Crippen MR) is 123 cm³/mol. The minimum absolute atomic E-state index is 0.0484. The maximum atomic E-state index is 13.5. The number of Topliss-reactive ketones (excluding diaryl/α,β-unsaturated/α-hetero) is 1. The second-order valence-electron chi connectivity index (χ2n) is 9.01. The van der Waals surface area contributed by atoms with Crippen molar-refractivity contribution in [2.24, 2.45) is 17.8 Å². The zero-order chi connectivity index (χ0) is 26.1. The van der Waals surface area contributed by atoms with E-state index in [0.717, 1.165) is 40.7 Å². The summed E-state index contributed by atoms with van der Waals surface area (Å²) in [4.78, 5) is 73.7. The number of ketones is 1. The minimum atomic E-state index is -0.853. The number of rotatable bonds is 7. The molecule has 0 bridgehead atoms. The molecule has 3 amide bonds. The van der Waals surface area contributed by atoms with Gasteiger partial charge in [0.2, 0.25) is 0 Å². The van der Waals surface area contributed by atoms with Crippen molar-refractivity contribution in [3.63, 3.8) is 0 Å². The molecular formula is C24H22N4O8. The molecule has 4 rings (SSSR count). The number of carbonyl (C=O) groups excluding carboxylic acids is 4. The highest BCUT2D eigenvalue weighted by molar-refractivity contribution is 6.09. The lowest BCUT2D eigenvalue weighted by Gasteiger charge is -2.30. The van der Waals surface area contributed by atoms with Crippen molar-refractivity contribution >= 4 is 34.9 Å². The molecule has 36 heavy (non-hydrogen) atoms. The molecule has 186 valence electrons. The molecule has 1 heterocycles. The molecule has 1 aliphatic heterocycles. The van der Waals surface area contributed by atoms with E-state index in [1.165, 1.54) is 24.3 Å². The number of hydrazine groups is 1. The van der Waals surface area contributed by atoms with E-state index in [2.05, 4.69) is 0 Å². The molecule has 2 aromatic carbocycles. The number of nitro groups is 2. The third-order valence-electron chi connectivity index (χ3n) is 6.66. The summed E-state index contributed by atoms with van der Waals surface area (Å²) in [7, 11) is 0. The van der Waals surface area contributed by atoms with Gasteiger partial charge < -0.3 is 0 Å². The molecule has 0 aromatic heterocycles. The second-order valence-corrected chi connectivity index (χ2v) is 9.01. The van der Waals surface area contributed by atoms with Crippen LogP contribution in [0.25, 0.3) is 0 Å². The first kappa shape index (κ1) is 24.6. The summed E-state index contributed by atoms with van der Waals surface area (Å²) in [5.41, 5.74) is -0.491. The maximum Gasteiger partial charge on any atom is 0.273 e. The van der Waals surface area contributed by atoms with Crippen LogP contribution in [0.5, 0.6) is 0 Å². The Morgan fingerprint density at radius 1 is 0.861 bits per heavy atom. The highest BCUT2D eigenvalue weighted by atomic mass is 16.6. The summed E-state index contributed by atoms with van der Waals surface area (Å²) in [5, 5.41) is 23.4. The molecule has 0 N–H and O–H groups in total. The Morgan fingerprint density at radius 3 is 1.89 bits per heavy atom. The normalized spacial score (nSPS) is 21.1. The van der Waals surface area contributed by atoms with Gasteiger partial charge in [0.25, 0.3) is 29.1 Å². The fourth-order valence-electron chi connectivity index (χ4n) is 4.71. The quantitative estimate of drug-likeness (QED) is 0.245. The Balaban J connectivity index is 1.68. The van der Waals surface area contributed by atoms with E-state index in [1.807, 2.05) is 6.92 Å². The Hall–Kier alpha value is -4.48. The molecule has 2 aromatic rings. The van der Waals surface area contributed by atoms with Crippen molar-refractivity contribution in [3.05, 3.63) is 79.9 Å². The van der Waals surface area contributed by atoms with E-state index >= 15 is 0 Å². The third kappa shape index (κ3) is 4.57. The number of non-ortho nitro benzene ring substituents is 2. The minimum Gasteiger partial charge on any atom is -0.292 e. The standard InChI is InChI=1S/C24H22N4O8/c1-14-2-11-19-20(12-14)24(32)26(23(19)31)25(22(30)16-5-9-18(10-6-16)28(35)36)13-21(29)15-3-7-17(8-4-15)27(33)34/h3-10,14,19-20H,2,11-13H2,1H3/t14-,19+,20-/m1/s1. The van der Waals surface area contributed by atoms with Crippen LogP contribution in [0, 0.1) is 38.0 Å². The summed E-state index contributed by atoms with van der Waals surface area (Å²) < 4.78 is 0. The highest BCUT2D eigenvalue weighted by Crippen LogP contribution is 2.41. The van der Waals surface area contributed by atoms with Crippen molar-refractivity contribution in [3.8, 4) is 0 Å². The Morgan fingerprint density at radius 2 is 1.36 bits per heavy atom. The van der Waals surface area contributed by atoms with Crippen molar-refractivity contribution in [2.75, 3.05) is 6.54 Å². The van der Waals surface area contributed by atoms with Gasteiger partial charge in [0, 0.05) is 35.4 Å². The number of fused-ring (bicyclic) bond motifs is 1. The van der Waals surface area contributed by atoms with Crippen LogP contribution in [0.1, 0.15) is 46.9 Å². The van der Waals surface area contributed by atoms with Crippen LogP contribution >= 0.6 is 0 Å². The third-order valence-corrected chi connectivity index (χ3v) is 6.66. The lowest BCUT2D eigenvalue weighted by Crippen LogP contribution is -2.52. The lowest BCUT2D eigenvalue weighted by atomic mass is 9.76. The molecule has 1 saturated heterocycles. The van der Waals surface area contributed by atoms with E-state index in [4.69, 9.17) is 0 Å². The second kappa shape index (κ2) is 9.64. The molecule has 12 nitrogen and oxygen atoms in total. The summed E-state index contributed by atoms with van der Waals surface area (Å²) >= 11 is 0. The van der Waals surface area contributed by atoms with Crippen LogP contribution in [-0.4, -0.2) is 49.9 Å². The predicted octanol–water partition coefficient (Wildman–Crippen LogP) is 3.16. The fourth-order valence-corrected chi connectivity index (χ4v) is 4.71. The highest BCUT2D eigenvalue weighted by Gasteiger charge is 2.52. The summed E-state index contributed by atoms with van der Waals surface area (Å²) in [5.74, 6) is -3.59. The largest absolute Gasteiger partial charge is 0.292 e. The van der Waals surface area contributed by atoms with Gasteiger partial charge in [0.15, 0.2) is 5.78 Å². The topological polar surface area (TPSA) is 161 Å². The maximum absolute atomic E-state index is 13.5. The zero-order valence-electron chi connectivity index (χ0n) is 19.2. The van der Waals surface area contributed by atoms with Crippen LogP contribution < -0.4 is 0 Å². The summed E-state index contributed by atoms with van der Waals surface area (Å²) in [6.07, 6.45) is 1.73. The first-order chi connectivity index (χ1) is 17.1. The van der Waals surface area contributed by atoms with E-state index in [9.17, 15) is 39.4 Å². The Kier molecular flexibility index (Phi) is 6.60. The van der Waals surface area contributed by atoms with Crippen molar-refractivity contribution in [1.29, 1.82) is 0 Å². The van der Waals surface area contributed by atoms with Gasteiger partial charge in [0.1, 0.15) is 6.54 Å². The average Bonchev–Trinajstić information content (AvgIpc) is 3.11. The zero-order valence-corrected chi connectivity index (χ0v) is 19.2. The molecule has 2 aliphatic rings. The number of amides is 3. The van der Waals surface area contributed by atoms with Crippen molar-refractivity contribution < 1.29 is 29.0 Å². The number of imide groups is 1. The van der Waals surface area contributed by atoms with Crippen molar-refractivity contribution in [1.82, 2.24) is 10.0 Å². The number of hydrogen-bond acceptors (Lipinski definition) is 8. The first-order valence-electron chi connectivity index (χ1n) is 11.3. The van der Waals surface area contributed by atoms with Crippen LogP contribution in [0.4, 0.5) is 11.4 Å². The number of hydrogen-bond donors (Lipinski definition) is 0. The molecule has 3 atom stereocenters. The Bertz CT molecular complexity index is 1260. The van der Waals surface area contributed by atoms with Crippen LogP contribution in [-0.2, 0) is 9.59 Å². The molecular weight excluding hydrogens is 472 g/mol. The number of carbonyl (C=O) groups is 4. The average molecular weight is 494 g/mol. The van der Waals surface area contributed by atoms with Gasteiger partial charge in [-0.2, -0.15) is 5.01 Å². The van der Waals surface area contributed by atoms with Gasteiger partial charge in [-0.25, -0.2) is 5.01 Å². The van der Waals surface area contributed by atoms with Gasteiger partial charge >= 0.3 is 0 Å². The van der Waals surface area contributed by atoms with Gasteiger partial charge in [-0.05, 0) is 49.4 Å². The smallest absolute Gasteiger partial charge is 0.273 e. The summed E-state index contributed by atoms with van der Waals surface area (Å²) in [6, 6.07) is 9.31. The SMILES string of the molecule is C[C@@H]1CC[C@@H]2C(=O)N(N(CC(=O)c3ccc([N+](=O)[O-])cc3)C(=O)c3ccc([N+](=O)[O-])cc3)C(=O)[C@@H]2C1. The van der Waals surface area contributed by atoms with Gasteiger partial charge in [-0.3, -0.25) is 39.4 Å². The van der Waals surface area contributed by atoms with Crippen LogP contribution in [0.15, 0.2) is 48.5 Å². The van der Waals surface area contributed by atoms with Gasteiger partial charge in [-0.1, -0.05) is 6.92 Å². The molecule has 0 radical (unpaired) electrons. The van der Waals surface area contributed by atoms with E-state index in [-0.39, 0.29) is 28.4 Å². The van der Waals surface area contributed by atoms with E-state index < -0.39 is 51.7 Å². The lowest BCUT2D eigenvalue weighted by molar-refractivity contribution is -0.385. The van der Waals surface area contributed by atoms with Gasteiger partial charge in [-0.15, -0.1) is 0 Å². The molecule has 2 fully saturated rings. The molecule has 12 heteroatoms. The number of nitro benzene ring substituents is 2.